The fourth-order valence-corrected chi connectivity index (χ4v) is 1.42. The summed E-state index contributed by atoms with van der Waals surface area (Å²) >= 11 is 0. The van der Waals surface area contributed by atoms with E-state index in [1.54, 1.807) is 6.92 Å². The van der Waals surface area contributed by atoms with Crippen LogP contribution in [0.4, 0.5) is 5.69 Å². The van der Waals surface area contributed by atoms with Crippen molar-refractivity contribution in [2.24, 2.45) is 5.16 Å². The first-order valence-corrected chi connectivity index (χ1v) is 5.77. The molecule has 0 atom stereocenters. The van der Waals surface area contributed by atoms with Gasteiger partial charge >= 0.3 is 0 Å². The van der Waals surface area contributed by atoms with Crippen LogP contribution in [0.5, 0.6) is 0 Å². The number of aryl methyl sites for hydroxylation is 1. The molecule has 0 aliphatic carbocycles. The van der Waals surface area contributed by atoms with E-state index < -0.39 is 0 Å². The molecule has 0 spiro atoms. The number of hydroxylamine groups is 1. The molecule has 0 bridgehead atoms. The maximum absolute atomic E-state index is 11.9. The third-order valence-electron chi connectivity index (χ3n) is 2.32. The van der Waals surface area contributed by atoms with Crippen LogP contribution in [0.15, 0.2) is 29.4 Å². The molecule has 0 aliphatic heterocycles. The largest absolute Gasteiger partial charge is 0.399 e. The minimum atomic E-state index is -0.102. The van der Waals surface area contributed by atoms with Gasteiger partial charge < -0.3 is 4.84 Å². The van der Waals surface area contributed by atoms with Crippen LogP contribution in [-0.2, 0) is 14.5 Å². The second-order valence-corrected chi connectivity index (χ2v) is 3.59. The predicted molar refractivity (Wildman–Crippen MR) is 70.4 cm³/mol. The van der Waals surface area contributed by atoms with Crippen molar-refractivity contribution < 1.29 is 14.5 Å². The van der Waals surface area contributed by atoms with Crippen molar-refractivity contribution in [3.05, 3.63) is 29.8 Å². The monoisotopic (exact) mass is 250 g/mol. The van der Waals surface area contributed by atoms with Gasteiger partial charge in [0.25, 0.3) is 5.91 Å². The summed E-state index contributed by atoms with van der Waals surface area (Å²) in [6.45, 7) is 3.89. The Balaban J connectivity index is 2.82. The van der Waals surface area contributed by atoms with Crippen LogP contribution in [-0.4, -0.2) is 25.8 Å². The predicted octanol–water partition coefficient (Wildman–Crippen LogP) is 2.30. The summed E-state index contributed by atoms with van der Waals surface area (Å²) in [5.41, 5.74) is 1.72. The summed E-state index contributed by atoms with van der Waals surface area (Å²) in [5.74, 6) is -0.102. The van der Waals surface area contributed by atoms with Crippen LogP contribution in [0.1, 0.15) is 18.9 Å². The fourth-order valence-electron chi connectivity index (χ4n) is 1.42. The molecule has 0 N–H and O–H groups in total. The zero-order valence-electron chi connectivity index (χ0n) is 10.9. The van der Waals surface area contributed by atoms with Crippen molar-refractivity contribution in [3.8, 4) is 0 Å². The first kappa shape index (κ1) is 14.2. The van der Waals surface area contributed by atoms with Gasteiger partial charge in [-0.15, -0.1) is 0 Å². The SMILES string of the molecule is CCC(=O)N(OCC=NOC)c1ccccc1C. The normalized spacial score (nSPS) is 10.6. The smallest absolute Gasteiger partial charge is 0.250 e. The minimum Gasteiger partial charge on any atom is -0.399 e. The molecule has 1 rings (SSSR count). The fraction of sp³-hybridized carbons (Fsp3) is 0.385. The van der Waals surface area contributed by atoms with E-state index in [0.717, 1.165) is 11.3 Å². The van der Waals surface area contributed by atoms with E-state index in [2.05, 4.69) is 9.99 Å². The van der Waals surface area contributed by atoms with E-state index in [1.165, 1.54) is 18.4 Å². The van der Waals surface area contributed by atoms with Gasteiger partial charge in [0, 0.05) is 6.42 Å². The van der Waals surface area contributed by atoms with Crippen molar-refractivity contribution in [1.29, 1.82) is 0 Å². The highest BCUT2D eigenvalue weighted by Crippen LogP contribution is 2.20. The number of benzene rings is 1. The van der Waals surface area contributed by atoms with E-state index in [4.69, 9.17) is 4.84 Å². The van der Waals surface area contributed by atoms with E-state index >= 15 is 0 Å². The molecule has 0 saturated carbocycles. The second-order valence-electron chi connectivity index (χ2n) is 3.59. The number of carbonyl (C=O) groups excluding carboxylic acids is 1. The number of rotatable bonds is 6. The average molecular weight is 250 g/mol. The Morgan fingerprint density at radius 2 is 2.17 bits per heavy atom. The third kappa shape index (κ3) is 3.85. The second kappa shape index (κ2) is 7.45. The Hall–Kier alpha value is -1.88. The van der Waals surface area contributed by atoms with Crippen LogP contribution < -0.4 is 5.06 Å². The number of anilines is 1. The Morgan fingerprint density at radius 3 is 2.78 bits per heavy atom. The molecule has 0 unspecified atom stereocenters. The van der Waals surface area contributed by atoms with Gasteiger partial charge in [-0.3, -0.25) is 9.63 Å². The number of carbonyl (C=O) groups is 1. The molecule has 1 amide bonds. The molecule has 1 aromatic rings. The van der Waals surface area contributed by atoms with Gasteiger partial charge in [-0.1, -0.05) is 30.3 Å². The highest BCUT2D eigenvalue weighted by Gasteiger charge is 2.16. The first-order chi connectivity index (χ1) is 8.70. The molecule has 0 fully saturated rings. The number of oxime groups is 1. The highest BCUT2D eigenvalue weighted by molar-refractivity contribution is 5.92. The number of nitrogens with zero attached hydrogens (tertiary/aromatic N) is 2. The summed E-state index contributed by atoms with van der Waals surface area (Å²) in [4.78, 5) is 21.8. The van der Waals surface area contributed by atoms with Crippen molar-refractivity contribution in [2.75, 3.05) is 18.8 Å². The molecule has 0 aliphatic rings. The Morgan fingerprint density at radius 1 is 1.44 bits per heavy atom. The Kier molecular flexibility index (Phi) is 5.87. The summed E-state index contributed by atoms with van der Waals surface area (Å²) in [5, 5.41) is 4.86. The number of hydrogen-bond donors (Lipinski definition) is 0. The highest BCUT2D eigenvalue weighted by atomic mass is 16.7. The minimum absolute atomic E-state index is 0.102. The molecule has 0 heterocycles. The molecule has 5 heteroatoms. The molecule has 98 valence electrons. The van der Waals surface area contributed by atoms with E-state index in [1.807, 2.05) is 31.2 Å². The van der Waals surface area contributed by atoms with Crippen LogP contribution in [0.3, 0.4) is 0 Å². The van der Waals surface area contributed by atoms with Crippen LogP contribution in [0.2, 0.25) is 0 Å². The van der Waals surface area contributed by atoms with Crippen LogP contribution >= 0.6 is 0 Å². The van der Waals surface area contributed by atoms with Gasteiger partial charge in [-0.2, -0.15) is 5.06 Å². The van der Waals surface area contributed by atoms with Gasteiger partial charge in [0.2, 0.25) is 0 Å². The number of para-hydroxylation sites is 1. The Bertz CT molecular complexity index is 418. The average Bonchev–Trinajstić information content (AvgIpc) is 2.39. The molecule has 1 aromatic carbocycles. The summed E-state index contributed by atoms with van der Waals surface area (Å²) in [7, 11) is 1.45. The Labute approximate surface area is 107 Å². The molecular formula is C13H18N2O3. The molecule has 0 radical (unpaired) electrons. The van der Waals surface area contributed by atoms with E-state index in [-0.39, 0.29) is 12.5 Å². The maximum Gasteiger partial charge on any atom is 0.250 e. The molecule has 0 aromatic heterocycles. The lowest BCUT2D eigenvalue weighted by Gasteiger charge is -2.22. The number of hydrogen-bond acceptors (Lipinski definition) is 4. The van der Waals surface area contributed by atoms with Gasteiger partial charge in [-0.05, 0) is 18.6 Å². The zero-order valence-corrected chi connectivity index (χ0v) is 10.9. The van der Waals surface area contributed by atoms with Crippen LogP contribution in [0.25, 0.3) is 0 Å². The quantitative estimate of drug-likeness (QED) is 0.575. The summed E-state index contributed by atoms with van der Waals surface area (Å²) in [6.07, 6.45) is 1.82. The topological polar surface area (TPSA) is 51.1 Å². The van der Waals surface area contributed by atoms with Crippen molar-refractivity contribution in [3.63, 3.8) is 0 Å². The van der Waals surface area contributed by atoms with Crippen molar-refractivity contribution in [2.45, 2.75) is 20.3 Å². The van der Waals surface area contributed by atoms with Gasteiger partial charge in [-0.25, -0.2) is 0 Å². The summed E-state index contributed by atoms with van der Waals surface area (Å²) < 4.78 is 0. The third-order valence-corrected chi connectivity index (χ3v) is 2.32. The molecule has 18 heavy (non-hydrogen) atoms. The van der Waals surface area contributed by atoms with Gasteiger partial charge in [0.15, 0.2) is 0 Å². The maximum atomic E-state index is 11.9. The van der Waals surface area contributed by atoms with Crippen LogP contribution in [0, 0.1) is 6.92 Å². The first-order valence-electron chi connectivity index (χ1n) is 5.77. The van der Waals surface area contributed by atoms with Gasteiger partial charge in [0.1, 0.15) is 13.7 Å². The lowest BCUT2D eigenvalue weighted by atomic mass is 10.2. The van der Waals surface area contributed by atoms with E-state index in [0.29, 0.717) is 6.42 Å². The molecule has 5 nitrogen and oxygen atoms in total. The van der Waals surface area contributed by atoms with Crippen molar-refractivity contribution >= 4 is 17.8 Å². The van der Waals surface area contributed by atoms with Gasteiger partial charge in [0.05, 0.1) is 11.9 Å². The van der Waals surface area contributed by atoms with Crippen molar-refractivity contribution in [1.82, 2.24) is 0 Å². The molecular weight excluding hydrogens is 232 g/mol. The molecule has 0 saturated heterocycles. The lowest BCUT2D eigenvalue weighted by Crippen LogP contribution is -2.31. The standard InChI is InChI=1S/C13H18N2O3/c1-4-13(16)15(18-10-9-14-17-3)12-8-6-5-7-11(12)2/h5-9H,4,10H2,1-3H3. The van der Waals surface area contributed by atoms with E-state index in [9.17, 15) is 4.79 Å². The number of amides is 1. The summed E-state index contributed by atoms with van der Waals surface area (Å²) in [6, 6.07) is 7.55. The lowest BCUT2D eigenvalue weighted by molar-refractivity contribution is -0.125. The zero-order chi connectivity index (χ0) is 13.4.